The van der Waals surface area contributed by atoms with Gasteiger partial charge in [0.05, 0.1) is 22.7 Å². The van der Waals surface area contributed by atoms with E-state index in [2.05, 4.69) is 21.4 Å². The number of H-pyrrole nitrogens is 1. The van der Waals surface area contributed by atoms with Crippen molar-refractivity contribution in [3.63, 3.8) is 0 Å². The summed E-state index contributed by atoms with van der Waals surface area (Å²) in [5.74, 6) is -0.238. The monoisotopic (exact) mass is 419 g/mol. The minimum atomic E-state index is -0.356. The fourth-order valence-electron chi connectivity index (χ4n) is 4.38. The van der Waals surface area contributed by atoms with E-state index >= 15 is 0 Å². The Morgan fingerprint density at radius 2 is 2.10 bits per heavy atom. The summed E-state index contributed by atoms with van der Waals surface area (Å²) in [6.07, 6.45) is 3.96. The maximum absolute atomic E-state index is 13.5. The number of aromatic amines is 1. The zero-order valence-corrected chi connectivity index (χ0v) is 17.6. The van der Waals surface area contributed by atoms with Crippen molar-refractivity contribution >= 4 is 16.9 Å². The Morgan fingerprint density at radius 1 is 1.29 bits per heavy atom. The van der Waals surface area contributed by atoms with Crippen LogP contribution in [0.4, 0.5) is 4.39 Å². The number of carbonyl (C=O) groups excluding carboxylic acids is 1. The summed E-state index contributed by atoms with van der Waals surface area (Å²) in [6.45, 7) is 3.31. The first-order valence-electron chi connectivity index (χ1n) is 10.8. The quantitative estimate of drug-likeness (QED) is 0.629. The molecule has 4 rings (SSSR count). The molecule has 0 spiro atoms. The highest BCUT2D eigenvalue weighted by Crippen LogP contribution is 2.25. The molecule has 0 bridgehead atoms. The Labute approximate surface area is 181 Å². The van der Waals surface area contributed by atoms with E-state index in [9.17, 15) is 9.18 Å². The molecule has 7 heteroatoms. The third-order valence-electron chi connectivity index (χ3n) is 6.01. The van der Waals surface area contributed by atoms with Crippen molar-refractivity contribution < 1.29 is 9.18 Å². The molecule has 0 radical (unpaired) electrons. The van der Waals surface area contributed by atoms with E-state index in [-0.39, 0.29) is 23.6 Å². The Balaban J connectivity index is 1.41. The van der Waals surface area contributed by atoms with Crippen LogP contribution < -0.4 is 5.32 Å². The Morgan fingerprint density at radius 3 is 2.84 bits per heavy atom. The highest BCUT2D eigenvalue weighted by atomic mass is 19.1. The number of nitriles is 1. The molecule has 2 atom stereocenters. The lowest BCUT2D eigenvalue weighted by Gasteiger charge is -2.37. The molecule has 2 N–H and O–H groups in total. The Hall–Kier alpha value is -3.24. The zero-order valence-electron chi connectivity index (χ0n) is 17.6. The second kappa shape index (κ2) is 9.27. The van der Waals surface area contributed by atoms with Crippen LogP contribution >= 0.6 is 0 Å². The Bertz CT molecular complexity index is 1100. The van der Waals surface area contributed by atoms with Gasteiger partial charge in [-0.1, -0.05) is 12.1 Å². The van der Waals surface area contributed by atoms with Gasteiger partial charge in [0.1, 0.15) is 5.82 Å². The maximum atomic E-state index is 13.5. The number of rotatable bonds is 6. The van der Waals surface area contributed by atoms with Crippen LogP contribution in [-0.2, 0) is 6.54 Å². The van der Waals surface area contributed by atoms with E-state index in [4.69, 9.17) is 5.26 Å². The Kier molecular flexibility index (Phi) is 6.28. The van der Waals surface area contributed by atoms with Gasteiger partial charge in [0.25, 0.3) is 5.91 Å². The number of halogens is 1. The molecule has 1 fully saturated rings. The van der Waals surface area contributed by atoms with E-state index in [1.807, 2.05) is 36.1 Å². The predicted octanol–water partition coefficient (Wildman–Crippen LogP) is 4.14. The molecule has 1 saturated carbocycles. The van der Waals surface area contributed by atoms with Crippen molar-refractivity contribution in [1.29, 1.82) is 5.26 Å². The first-order chi connectivity index (χ1) is 15.1. The lowest BCUT2D eigenvalue weighted by Crippen LogP contribution is -2.47. The van der Waals surface area contributed by atoms with Gasteiger partial charge in [-0.25, -0.2) is 9.37 Å². The fraction of sp³-hybridized carbons (Fsp3) is 0.375. The molecular weight excluding hydrogens is 393 g/mol. The summed E-state index contributed by atoms with van der Waals surface area (Å²) in [5, 5.41) is 12.5. The maximum Gasteiger partial charge on any atom is 0.289 e. The normalized spacial score (nSPS) is 18.6. The average molecular weight is 420 g/mol. The van der Waals surface area contributed by atoms with E-state index in [0.717, 1.165) is 37.8 Å². The topological polar surface area (TPSA) is 84.8 Å². The number of hydrogen-bond acceptors (Lipinski definition) is 4. The van der Waals surface area contributed by atoms with Crippen LogP contribution in [-0.4, -0.2) is 39.4 Å². The highest BCUT2D eigenvalue weighted by Gasteiger charge is 2.30. The average Bonchev–Trinajstić information content (AvgIpc) is 3.22. The van der Waals surface area contributed by atoms with Crippen LogP contribution in [0.5, 0.6) is 0 Å². The van der Waals surface area contributed by atoms with Gasteiger partial charge in [-0.05, 0) is 68.5 Å². The standard InChI is InChI=1S/C24H26FN5O/c1-2-30(24(31)23-28-21-11-10-18(25)12-22(21)29-23)20-5-3-4-19(13-20)27-15-17-8-6-16(14-26)7-9-17/h6-12,19-20,27H,2-5,13,15H2,1H3,(H,28,29)/t19-,20?/m1/s1. The van der Waals surface area contributed by atoms with Crippen molar-refractivity contribution in [3.05, 3.63) is 65.2 Å². The number of carbonyl (C=O) groups is 1. The number of nitrogens with zero attached hydrogens (tertiary/aromatic N) is 3. The number of amides is 1. The summed E-state index contributed by atoms with van der Waals surface area (Å²) < 4.78 is 13.5. The lowest BCUT2D eigenvalue weighted by atomic mass is 9.89. The molecule has 1 unspecified atom stereocenters. The molecule has 1 aliphatic rings. The van der Waals surface area contributed by atoms with Crippen LogP contribution in [0.2, 0.25) is 0 Å². The molecule has 1 aromatic heterocycles. The van der Waals surface area contributed by atoms with Crippen LogP contribution in [0.1, 0.15) is 54.4 Å². The zero-order chi connectivity index (χ0) is 21.8. The van der Waals surface area contributed by atoms with E-state index < -0.39 is 0 Å². The van der Waals surface area contributed by atoms with Crippen molar-refractivity contribution in [1.82, 2.24) is 20.2 Å². The van der Waals surface area contributed by atoms with Crippen molar-refractivity contribution in [2.24, 2.45) is 0 Å². The predicted molar refractivity (Wildman–Crippen MR) is 117 cm³/mol. The van der Waals surface area contributed by atoms with Gasteiger partial charge in [-0.3, -0.25) is 4.79 Å². The number of imidazole rings is 1. The first kappa shape index (κ1) is 21.0. The molecule has 3 aromatic rings. The second-order valence-electron chi connectivity index (χ2n) is 8.05. The van der Waals surface area contributed by atoms with Gasteiger partial charge in [-0.2, -0.15) is 5.26 Å². The highest BCUT2D eigenvalue weighted by molar-refractivity contribution is 5.94. The third kappa shape index (κ3) is 4.75. The van der Waals surface area contributed by atoms with Gasteiger partial charge in [0.15, 0.2) is 5.82 Å². The molecule has 160 valence electrons. The number of fused-ring (bicyclic) bond motifs is 1. The molecule has 2 aromatic carbocycles. The van der Waals surface area contributed by atoms with E-state index in [1.54, 1.807) is 6.07 Å². The van der Waals surface area contributed by atoms with E-state index in [0.29, 0.717) is 29.2 Å². The molecule has 1 aliphatic carbocycles. The van der Waals surface area contributed by atoms with Crippen molar-refractivity contribution in [3.8, 4) is 6.07 Å². The second-order valence-corrected chi connectivity index (χ2v) is 8.05. The van der Waals surface area contributed by atoms with Gasteiger partial charge in [0.2, 0.25) is 0 Å². The molecule has 31 heavy (non-hydrogen) atoms. The minimum Gasteiger partial charge on any atom is -0.334 e. The summed E-state index contributed by atoms with van der Waals surface area (Å²) in [7, 11) is 0. The number of aromatic nitrogens is 2. The van der Waals surface area contributed by atoms with Crippen LogP contribution in [0.3, 0.4) is 0 Å². The van der Waals surface area contributed by atoms with Gasteiger partial charge in [0, 0.05) is 25.2 Å². The summed E-state index contributed by atoms with van der Waals surface area (Å²) >= 11 is 0. The lowest BCUT2D eigenvalue weighted by molar-refractivity contribution is 0.0617. The SMILES string of the molecule is CCN(C(=O)c1nc2ccc(F)cc2[nH]1)C1CCC[C@@H](NCc2ccc(C#N)cc2)C1. The first-order valence-corrected chi connectivity index (χ1v) is 10.8. The summed E-state index contributed by atoms with van der Waals surface area (Å²) in [4.78, 5) is 22.4. The molecule has 0 aliphatic heterocycles. The molecule has 0 saturated heterocycles. The van der Waals surface area contributed by atoms with Gasteiger partial charge in [-0.15, -0.1) is 0 Å². The molecule has 1 heterocycles. The molecule has 6 nitrogen and oxygen atoms in total. The van der Waals surface area contributed by atoms with Gasteiger partial charge < -0.3 is 15.2 Å². The van der Waals surface area contributed by atoms with E-state index in [1.165, 1.54) is 12.1 Å². The van der Waals surface area contributed by atoms with Crippen LogP contribution in [0.15, 0.2) is 42.5 Å². The van der Waals surface area contributed by atoms with Gasteiger partial charge >= 0.3 is 0 Å². The number of benzene rings is 2. The molecule has 1 amide bonds. The van der Waals surface area contributed by atoms with Crippen molar-refractivity contribution in [2.75, 3.05) is 6.54 Å². The fourth-order valence-corrected chi connectivity index (χ4v) is 4.38. The minimum absolute atomic E-state index is 0.134. The van der Waals surface area contributed by atoms with Crippen LogP contribution in [0, 0.1) is 17.1 Å². The summed E-state index contributed by atoms with van der Waals surface area (Å²) in [5.41, 5.74) is 2.92. The van der Waals surface area contributed by atoms with Crippen molar-refractivity contribution in [2.45, 2.75) is 51.2 Å². The largest absolute Gasteiger partial charge is 0.334 e. The summed E-state index contributed by atoms with van der Waals surface area (Å²) in [6, 6.07) is 14.5. The smallest absolute Gasteiger partial charge is 0.289 e. The van der Waals surface area contributed by atoms with Crippen LogP contribution in [0.25, 0.3) is 11.0 Å². The number of hydrogen-bond donors (Lipinski definition) is 2. The molecular formula is C24H26FN5O. The number of nitrogens with one attached hydrogen (secondary N) is 2. The third-order valence-corrected chi connectivity index (χ3v) is 6.01.